The minimum Gasteiger partial charge on any atom is -0.329 e. The van der Waals surface area contributed by atoms with Crippen LogP contribution in [0, 0.1) is 5.92 Å². The van der Waals surface area contributed by atoms with Crippen LogP contribution < -0.4 is 5.73 Å². The fourth-order valence-electron chi connectivity index (χ4n) is 3.01. The van der Waals surface area contributed by atoms with Crippen LogP contribution >= 0.6 is 12.4 Å². The number of hydrogen-bond acceptors (Lipinski definition) is 3. The number of hydrogen-bond donors (Lipinski definition) is 1. The second-order valence-corrected chi connectivity index (χ2v) is 7.87. The molecular weight excluding hydrogens is 320 g/mol. The van der Waals surface area contributed by atoms with E-state index in [4.69, 9.17) is 5.73 Å². The van der Waals surface area contributed by atoms with Gasteiger partial charge in [-0.2, -0.15) is 0 Å². The summed E-state index contributed by atoms with van der Waals surface area (Å²) < 4.78 is 26.7. The highest BCUT2D eigenvalue weighted by Gasteiger charge is 2.27. The molecule has 1 saturated carbocycles. The van der Waals surface area contributed by atoms with Crippen molar-refractivity contribution in [1.29, 1.82) is 0 Å². The van der Waals surface area contributed by atoms with E-state index in [2.05, 4.69) is 0 Å². The average molecular weight is 347 g/mol. The lowest BCUT2D eigenvalue weighted by molar-refractivity contribution is 0.414. The predicted octanol–water partition coefficient (Wildman–Crippen LogP) is 2.43. The summed E-state index contributed by atoms with van der Waals surface area (Å²) in [5.41, 5.74) is 6.76. The predicted molar refractivity (Wildman–Crippen MR) is 93.8 cm³/mol. The van der Waals surface area contributed by atoms with E-state index in [1.54, 1.807) is 4.31 Å². The highest BCUT2D eigenvalue weighted by Crippen LogP contribution is 2.26. The van der Waals surface area contributed by atoms with Crippen molar-refractivity contribution in [2.24, 2.45) is 11.7 Å². The molecule has 126 valence electrons. The van der Waals surface area contributed by atoms with E-state index in [9.17, 15) is 8.42 Å². The van der Waals surface area contributed by atoms with Gasteiger partial charge in [0.05, 0.1) is 5.75 Å². The van der Waals surface area contributed by atoms with Crippen molar-refractivity contribution < 1.29 is 8.42 Å². The zero-order valence-electron chi connectivity index (χ0n) is 13.0. The van der Waals surface area contributed by atoms with Gasteiger partial charge < -0.3 is 5.73 Å². The van der Waals surface area contributed by atoms with Gasteiger partial charge in [-0.05, 0) is 30.7 Å². The van der Waals surface area contributed by atoms with E-state index >= 15 is 0 Å². The van der Waals surface area contributed by atoms with Gasteiger partial charge in [0, 0.05) is 19.6 Å². The summed E-state index contributed by atoms with van der Waals surface area (Å²) in [6, 6.07) is 10.00. The fourth-order valence-corrected chi connectivity index (χ4v) is 4.91. The van der Waals surface area contributed by atoms with Crippen molar-refractivity contribution in [3.05, 3.63) is 35.9 Å². The Labute approximate surface area is 140 Å². The van der Waals surface area contributed by atoms with Crippen LogP contribution in [0.1, 0.15) is 31.2 Å². The number of sulfonamides is 1. The van der Waals surface area contributed by atoms with Gasteiger partial charge in [0.1, 0.15) is 0 Å². The van der Waals surface area contributed by atoms with Crippen LogP contribution in [-0.2, 0) is 16.4 Å². The second-order valence-electron chi connectivity index (χ2n) is 5.85. The maximum atomic E-state index is 12.6. The van der Waals surface area contributed by atoms with E-state index in [-0.39, 0.29) is 12.4 Å². The van der Waals surface area contributed by atoms with Crippen LogP contribution in [0.2, 0.25) is 0 Å². The highest BCUT2D eigenvalue weighted by atomic mass is 35.5. The molecule has 0 heterocycles. The minimum atomic E-state index is -3.18. The molecule has 0 bridgehead atoms. The maximum absolute atomic E-state index is 12.6. The molecule has 1 aliphatic carbocycles. The molecule has 0 radical (unpaired) electrons. The molecule has 22 heavy (non-hydrogen) atoms. The average Bonchev–Trinajstić information content (AvgIpc) is 2.96. The summed E-state index contributed by atoms with van der Waals surface area (Å²) in [7, 11) is -3.18. The summed E-state index contributed by atoms with van der Waals surface area (Å²) in [6.07, 6.45) is 5.18. The molecule has 1 aromatic carbocycles. The monoisotopic (exact) mass is 346 g/mol. The van der Waals surface area contributed by atoms with Crippen LogP contribution in [0.25, 0.3) is 0 Å². The molecule has 0 aromatic heterocycles. The molecule has 0 spiro atoms. The normalized spacial score (nSPS) is 15.9. The number of nitrogens with two attached hydrogens (primary N) is 1. The van der Waals surface area contributed by atoms with E-state index in [0.717, 1.165) is 24.8 Å². The molecule has 1 aromatic rings. The SMILES string of the molecule is Cl.NCCN(CCc1ccccc1)S(=O)(=O)CC1CCCC1. The van der Waals surface area contributed by atoms with Crippen molar-refractivity contribution in [3.63, 3.8) is 0 Å². The van der Waals surface area contributed by atoms with E-state index < -0.39 is 10.0 Å². The zero-order chi connectivity index (χ0) is 15.1. The Bertz CT molecular complexity index is 516. The Hall–Kier alpha value is -0.620. The summed E-state index contributed by atoms with van der Waals surface area (Å²) in [4.78, 5) is 0. The number of halogens is 1. The van der Waals surface area contributed by atoms with Crippen LogP contribution in [0.15, 0.2) is 30.3 Å². The van der Waals surface area contributed by atoms with Gasteiger partial charge in [-0.1, -0.05) is 43.2 Å². The first-order valence-electron chi connectivity index (χ1n) is 7.83. The van der Waals surface area contributed by atoms with E-state index in [0.29, 0.717) is 31.3 Å². The molecular formula is C16H27ClN2O2S. The standard InChI is InChI=1S/C16H26N2O2S.ClH/c17-11-13-18(12-10-15-6-2-1-3-7-15)21(19,20)14-16-8-4-5-9-16;/h1-3,6-7,16H,4-5,8-14,17H2;1H. The summed E-state index contributed by atoms with van der Waals surface area (Å²) >= 11 is 0. The molecule has 6 heteroatoms. The summed E-state index contributed by atoms with van der Waals surface area (Å²) in [5.74, 6) is 0.633. The van der Waals surface area contributed by atoms with Crippen LogP contribution in [-0.4, -0.2) is 38.1 Å². The van der Waals surface area contributed by atoms with Crippen LogP contribution in [0.5, 0.6) is 0 Å². The zero-order valence-corrected chi connectivity index (χ0v) is 14.6. The lowest BCUT2D eigenvalue weighted by Crippen LogP contribution is -2.39. The van der Waals surface area contributed by atoms with Gasteiger partial charge in [0.2, 0.25) is 10.0 Å². The molecule has 1 aliphatic rings. The third-order valence-corrected chi connectivity index (χ3v) is 6.23. The highest BCUT2D eigenvalue weighted by molar-refractivity contribution is 7.89. The maximum Gasteiger partial charge on any atom is 0.214 e. The molecule has 0 atom stereocenters. The minimum absolute atomic E-state index is 0. The number of rotatable bonds is 8. The molecule has 0 aliphatic heterocycles. The van der Waals surface area contributed by atoms with Crippen LogP contribution in [0.3, 0.4) is 0 Å². The van der Waals surface area contributed by atoms with E-state index in [1.165, 1.54) is 12.8 Å². The van der Waals surface area contributed by atoms with E-state index in [1.807, 2.05) is 30.3 Å². The molecule has 4 nitrogen and oxygen atoms in total. The molecule has 2 rings (SSSR count). The van der Waals surface area contributed by atoms with Crippen molar-refractivity contribution in [1.82, 2.24) is 4.31 Å². The van der Waals surface area contributed by atoms with Crippen molar-refractivity contribution >= 4 is 22.4 Å². The quantitative estimate of drug-likeness (QED) is 0.786. The Morgan fingerprint density at radius 1 is 1.09 bits per heavy atom. The van der Waals surface area contributed by atoms with Gasteiger partial charge in [0.15, 0.2) is 0 Å². The smallest absolute Gasteiger partial charge is 0.214 e. The summed E-state index contributed by atoms with van der Waals surface area (Å²) in [5, 5.41) is 0. The topological polar surface area (TPSA) is 63.4 Å². The molecule has 1 fully saturated rings. The van der Waals surface area contributed by atoms with Gasteiger partial charge in [-0.3, -0.25) is 0 Å². The third kappa shape index (κ3) is 5.88. The Kier molecular flexibility index (Phi) is 8.39. The third-order valence-electron chi connectivity index (χ3n) is 4.19. The van der Waals surface area contributed by atoms with Gasteiger partial charge in [-0.15, -0.1) is 12.4 Å². The Morgan fingerprint density at radius 3 is 2.32 bits per heavy atom. The Balaban J connectivity index is 0.00000242. The first-order valence-corrected chi connectivity index (χ1v) is 9.44. The lowest BCUT2D eigenvalue weighted by atomic mass is 10.1. The van der Waals surface area contributed by atoms with Crippen molar-refractivity contribution in [2.75, 3.05) is 25.4 Å². The van der Waals surface area contributed by atoms with Gasteiger partial charge >= 0.3 is 0 Å². The Morgan fingerprint density at radius 2 is 1.73 bits per heavy atom. The largest absolute Gasteiger partial charge is 0.329 e. The van der Waals surface area contributed by atoms with Crippen molar-refractivity contribution in [3.8, 4) is 0 Å². The van der Waals surface area contributed by atoms with Crippen molar-refractivity contribution in [2.45, 2.75) is 32.1 Å². The van der Waals surface area contributed by atoms with Crippen LogP contribution in [0.4, 0.5) is 0 Å². The first-order chi connectivity index (χ1) is 10.1. The number of benzene rings is 1. The lowest BCUT2D eigenvalue weighted by Gasteiger charge is -2.23. The van der Waals surface area contributed by atoms with Gasteiger partial charge in [-0.25, -0.2) is 12.7 Å². The molecule has 0 unspecified atom stereocenters. The fraction of sp³-hybridized carbons (Fsp3) is 0.625. The van der Waals surface area contributed by atoms with Gasteiger partial charge in [0.25, 0.3) is 0 Å². The number of nitrogens with zero attached hydrogens (tertiary/aromatic N) is 1. The first kappa shape index (κ1) is 19.4. The molecule has 0 saturated heterocycles. The molecule has 0 amide bonds. The second kappa shape index (κ2) is 9.50. The summed E-state index contributed by atoms with van der Waals surface area (Å²) in [6.45, 7) is 1.32. The molecule has 2 N–H and O–H groups in total.